The maximum atomic E-state index is 13.5. The fraction of sp³-hybridized carbons (Fsp3) is 0.160. The van der Waals surface area contributed by atoms with Crippen molar-refractivity contribution < 1.29 is 4.39 Å². The summed E-state index contributed by atoms with van der Waals surface area (Å²) in [6.07, 6.45) is 0.946. The Hall–Kier alpha value is -2.34. The second-order valence-electron chi connectivity index (χ2n) is 7.28. The summed E-state index contributed by atoms with van der Waals surface area (Å²) in [5, 5.41) is 2.45. The molecule has 0 saturated carbocycles. The molecule has 0 atom stereocenters. The molecular weight excluding hydrogens is 429 g/mol. The third kappa shape index (κ3) is 3.31. The van der Waals surface area contributed by atoms with E-state index in [0.29, 0.717) is 0 Å². The van der Waals surface area contributed by atoms with Crippen molar-refractivity contribution in [2.45, 2.75) is 27.2 Å². The van der Waals surface area contributed by atoms with E-state index in [-0.39, 0.29) is 5.82 Å². The van der Waals surface area contributed by atoms with Gasteiger partial charge in [-0.3, -0.25) is 0 Å². The van der Waals surface area contributed by atoms with Crippen LogP contribution in [0.2, 0.25) is 0 Å². The van der Waals surface area contributed by atoms with Gasteiger partial charge in [-0.1, -0.05) is 37.3 Å². The third-order valence-electron chi connectivity index (χ3n) is 5.17. The van der Waals surface area contributed by atoms with Crippen molar-refractivity contribution in [2.75, 3.05) is 0 Å². The lowest BCUT2D eigenvalue weighted by molar-refractivity contribution is 0.628. The van der Waals surface area contributed by atoms with Crippen molar-refractivity contribution in [1.29, 1.82) is 0 Å². The van der Waals surface area contributed by atoms with Crippen molar-refractivity contribution in [3.05, 3.63) is 76.0 Å². The highest BCUT2D eigenvalue weighted by molar-refractivity contribution is 7.24. The van der Waals surface area contributed by atoms with Gasteiger partial charge in [0.15, 0.2) is 0 Å². The van der Waals surface area contributed by atoms with Gasteiger partial charge in [0.1, 0.15) is 5.82 Å². The molecule has 0 radical (unpaired) electrons. The maximum absolute atomic E-state index is 13.5. The van der Waals surface area contributed by atoms with Crippen LogP contribution in [0.5, 0.6) is 0 Å². The Balaban J connectivity index is 1.81. The molecule has 0 amide bonds. The number of fused-ring (bicyclic) bond motifs is 1. The minimum absolute atomic E-state index is 0.205. The Kier molecular flexibility index (Phi) is 5.05. The Morgan fingerprint density at radius 1 is 0.867 bits per heavy atom. The number of nitrogens with zero attached hydrogens (tertiary/aromatic N) is 1. The largest absolute Gasteiger partial charge is 0.246 e. The topological polar surface area (TPSA) is 12.9 Å². The molecule has 30 heavy (non-hydrogen) atoms. The molecule has 0 spiro atoms. The van der Waals surface area contributed by atoms with E-state index in [1.165, 1.54) is 45.7 Å². The molecule has 0 N–H and O–H groups in total. The molecule has 0 aliphatic heterocycles. The zero-order valence-corrected chi connectivity index (χ0v) is 19.4. The lowest BCUT2D eigenvalue weighted by atomic mass is 10.0. The van der Waals surface area contributed by atoms with Crippen LogP contribution in [0.1, 0.15) is 22.5 Å². The third-order valence-corrected chi connectivity index (χ3v) is 8.80. The lowest BCUT2D eigenvalue weighted by Gasteiger charge is -2.06. The van der Waals surface area contributed by atoms with Crippen LogP contribution < -0.4 is 0 Å². The summed E-state index contributed by atoms with van der Waals surface area (Å²) in [5.74, 6) is -0.205. The second-order valence-corrected chi connectivity index (χ2v) is 10.7. The van der Waals surface area contributed by atoms with Gasteiger partial charge in [-0.25, -0.2) is 9.37 Å². The van der Waals surface area contributed by atoms with Gasteiger partial charge in [-0.2, -0.15) is 0 Å². The van der Waals surface area contributed by atoms with Gasteiger partial charge < -0.3 is 0 Å². The van der Waals surface area contributed by atoms with E-state index in [9.17, 15) is 4.39 Å². The summed E-state index contributed by atoms with van der Waals surface area (Å²) in [6, 6.07) is 17.7. The summed E-state index contributed by atoms with van der Waals surface area (Å²) in [4.78, 5) is 9.78. The number of thiophene rings is 2. The van der Waals surface area contributed by atoms with Crippen LogP contribution in [0, 0.1) is 19.7 Å². The van der Waals surface area contributed by atoms with E-state index in [1.807, 2.05) is 23.5 Å². The van der Waals surface area contributed by atoms with E-state index in [0.717, 1.165) is 17.7 Å². The number of halogens is 1. The van der Waals surface area contributed by atoms with Crippen LogP contribution in [0.3, 0.4) is 0 Å². The SMILES string of the molecule is CCc1nc(C)c(-c2c(-c3cc(C)sc3-c3ccc(F)cc3)sc3ccccc23)s1. The quantitative estimate of drug-likeness (QED) is 0.267. The first-order chi connectivity index (χ1) is 14.5. The normalized spacial score (nSPS) is 11.5. The fourth-order valence-corrected chi connectivity index (χ4v) is 7.25. The molecule has 5 aromatic rings. The molecule has 0 aliphatic rings. The molecule has 0 aliphatic carbocycles. The van der Waals surface area contributed by atoms with E-state index in [1.54, 1.807) is 34.8 Å². The second kappa shape index (κ2) is 7.73. The van der Waals surface area contributed by atoms with E-state index in [2.05, 4.69) is 51.1 Å². The summed E-state index contributed by atoms with van der Waals surface area (Å²) in [5.41, 5.74) is 4.66. The predicted molar refractivity (Wildman–Crippen MR) is 130 cm³/mol. The monoisotopic (exact) mass is 449 g/mol. The highest BCUT2D eigenvalue weighted by Gasteiger charge is 2.23. The average Bonchev–Trinajstić information content (AvgIpc) is 3.42. The van der Waals surface area contributed by atoms with E-state index < -0.39 is 0 Å². The van der Waals surface area contributed by atoms with Crippen LogP contribution in [-0.4, -0.2) is 4.98 Å². The molecule has 1 nitrogen and oxygen atoms in total. The molecule has 5 rings (SSSR count). The predicted octanol–water partition coefficient (Wildman–Crippen LogP) is 8.74. The first-order valence-electron chi connectivity index (χ1n) is 9.90. The molecule has 0 unspecified atom stereocenters. The molecule has 0 fully saturated rings. The van der Waals surface area contributed by atoms with Gasteiger partial charge in [0, 0.05) is 35.8 Å². The van der Waals surface area contributed by atoms with Gasteiger partial charge in [0.05, 0.1) is 15.6 Å². The zero-order chi connectivity index (χ0) is 20.8. The van der Waals surface area contributed by atoms with Crippen LogP contribution in [-0.2, 0) is 6.42 Å². The van der Waals surface area contributed by atoms with E-state index >= 15 is 0 Å². The standard InChI is InChI=1S/C25H20FNS3/c1-4-21-27-15(3)23(30-21)22-18-7-5-6-8-20(18)29-25(22)19-13-14(2)28-24(19)16-9-11-17(26)12-10-16/h5-13H,4H2,1-3H3. The Bertz CT molecular complexity index is 1360. The summed E-state index contributed by atoms with van der Waals surface area (Å²) < 4.78 is 14.8. The average molecular weight is 450 g/mol. The zero-order valence-electron chi connectivity index (χ0n) is 17.0. The number of hydrogen-bond acceptors (Lipinski definition) is 4. The van der Waals surface area contributed by atoms with Crippen LogP contribution >= 0.6 is 34.0 Å². The lowest BCUT2D eigenvalue weighted by Crippen LogP contribution is -1.83. The smallest absolute Gasteiger partial charge is 0.123 e. The molecule has 150 valence electrons. The highest BCUT2D eigenvalue weighted by Crippen LogP contribution is 2.51. The first kappa shape index (κ1) is 19.6. The van der Waals surface area contributed by atoms with Crippen molar-refractivity contribution >= 4 is 44.1 Å². The van der Waals surface area contributed by atoms with Gasteiger partial charge >= 0.3 is 0 Å². The van der Waals surface area contributed by atoms with Crippen molar-refractivity contribution in [3.63, 3.8) is 0 Å². The van der Waals surface area contributed by atoms with Crippen LogP contribution in [0.25, 0.3) is 41.4 Å². The summed E-state index contributed by atoms with van der Waals surface area (Å²) >= 11 is 5.40. The summed E-state index contributed by atoms with van der Waals surface area (Å²) in [6.45, 7) is 6.41. The van der Waals surface area contributed by atoms with Gasteiger partial charge in [0.2, 0.25) is 0 Å². The molecule has 5 heteroatoms. The maximum Gasteiger partial charge on any atom is 0.123 e. The Labute approximate surface area is 187 Å². The molecule has 0 saturated heterocycles. The van der Waals surface area contributed by atoms with Gasteiger partial charge in [0.25, 0.3) is 0 Å². The van der Waals surface area contributed by atoms with Crippen LogP contribution in [0.4, 0.5) is 4.39 Å². The Morgan fingerprint density at radius 3 is 2.37 bits per heavy atom. The minimum atomic E-state index is -0.205. The van der Waals surface area contributed by atoms with E-state index in [4.69, 9.17) is 4.98 Å². The van der Waals surface area contributed by atoms with Crippen molar-refractivity contribution in [3.8, 4) is 31.3 Å². The number of aromatic nitrogens is 1. The molecular formula is C25H20FNS3. The number of hydrogen-bond donors (Lipinski definition) is 0. The van der Waals surface area contributed by atoms with Crippen molar-refractivity contribution in [1.82, 2.24) is 4.98 Å². The van der Waals surface area contributed by atoms with Gasteiger partial charge in [-0.05, 0) is 50.1 Å². The summed E-state index contributed by atoms with van der Waals surface area (Å²) in [7, 11) is 0. The molecule has 2 aromatic carbocycles. The Morgan fingerprint density at radius 2 is 1.63 bits per heavy atom. The van der Waals surface area contributed by atoms with Crippen molar-refractivity contribution in [2.24, 2.45) is 0 Å². The van der Waals surface area contributed by atoms with Crippen LogP contribution in [0.15, 0.2) is 54.6 Å². The number of aryl methyl sites for hydroxylation is 3. The highest BCUT2D eigenvalue weighted by atomic mass is 32.1. The first-order valence-corrected chi connectivity index (χ1v) is 12.3. The fourth-order valence-electron chi connectivity index (χ4n) is 3.79. The number of thiazole rings is 1. The van der Waals surface area contributed by atoms with Gasteiger partial charge in [-0.15, -0.1) is 34.0 Å². The molecule has 0 bridgehead atoms. The number of benzene rings is 2. The molecule has 3 aromatic heterocycles. The minimum Gasteiger partial charge on any atom is -0.246 e. The number of rotatable bonds is 4. The molecule has 3 heterocycles.